The van der Waals surface area contributed by atoms with Gasteiger partial charge in [0.05, 0.1) is 7.11 Å². The summed E-state index contributed by atoms with van der Waals surface area (Å²) in [6.07, 6.45) is 1.80. The third kappa shape index (κ3) is 6.22. The molecule has 0 aliphatic carbocycles. The Hall–Kier alpha value is -3.06. The van der Waals surface area contributed by atoms with E-state index in [1.54, 1.807) is 31.7 Å². The first-order chi connectivity index (χ1) is 14.2. The zero-order valence-electron chi connectivity index (χ0n) is 16.9. The summed E-state index contributed by atoms with van der Waals surface area (Å²) in [5, 5.41) is 11.0. The summed E-state index contributed by atoms with van der Waals surface area (Å²) in [5.74, 6) is 3.25. The van der Waals surface area contributed by atoms with Gasteiger partial charge in [0.25, 0.3) is 0 Å². The Morgan fingerprint density at radius 2 is 1.90 bits per heavy atom. The molecule has 7 heteroatoms. The van der Waals surface area contributed by atoms with Gasteiger partial charge in [-0.2, -0.15) is 11.3 Å². The SMILES string of the molecule is CN=C(NCc1ccc(Oc2ccc(OC)cc2)nc1)NCC(C)c1ccsc1. The molecule has 2 N–H and O–H groups in total. The van der Waals surface area contributed by atoms with Crippen molar-refractivity contribution in [2.24, 2.45) is 4.99 Å². The average molecular weight is 411 g/mol. The number of aromatic nitrogens is 1. The summed E-state index contributed by atoms with van der Waals surface area (Å²) in [5.41, 5.74) is 2.38. The molecular formula is C22H26N4O2S. The molecule has 0 radical (unpaired) electrons. The molecule has 152 valence electrons. The molecule has 0 aliphatic heterocycles. The Kier molecular flexibility index (Phi) is 7.47. The van der Waals surface area contributed by atoms with Crippen molar-refractivity contribution in [3.05, 3.63) is 70.5 Å². The topological polar surface area (TPSA) is 67.8 Å². The van der Waals surface area contributed by atoms with E-state index in [1.165, 1.54) is 5.56 Å². The lowest BCUT2D eigenvalue weighted by Crippen LogP contribution is -2.38. The molecule has 3 rings (SSSR count). The Bertz CT molecular complexity index is 894. The van der Waals surface area contributed by atoms with Gasteiger partial charge < -0.3 is 20.1 Å². The number of hydrogen-bond donors (Lipinski definition) is 2. The second-order valence-corrected chi connectivity index (χ2v) is 7.33. The van der Waals surface area contributed by atoms with E-state index in [1.807, 2.05) is 36.4 Å². The van der Waals surface area contributed by atoms with Gasteiger partial charge in [-0.1, -0.05) is 13.0 Å². The summed E-state index contributed by atoms with van der Waals surface area (Å²) in [4.78, 5) is 8.66. The Labute approximate surface area is 175 Å². The van der Waals surface area contributed by atoms with Gasteiger partial charge in [-0.3, -0.25) is 4.99 Å². The minimum atomic E-state index is 0.427. The number of thiophene rings is 1. The summed E-state index contributed by atoms with van der Waals surface area (Å²) in [6, 6.07) is 13.4. The third-order valence-corrected chi connectivity index (χ3v) is 5.15. The Balaban J connectivity index is 1.47. The minimum Gasteiger partial charge on any atom is -0.497 e. The highest BCUT2D eigenvalue weighted by Crippen LogP contribution is 2.22. The van der Waals surface area contributed by atoms with Crippen LogP contribution in [0.25, 0.3) is 0 Å². The molecule has 2 aromatic heterocycles. The number of hydrogen-bond acceptors (Lipinski definition) is 5. The van der Waals surface area contributed by atoms with Crippen LogP contribution in [0.15, 0.2) is 64.4 Å². The zero-order chi connectivity index (χ0) is 20.5. The van der Waals surface area contributed by atoms with Crippen LogP contribution in [0, 0.1) is 0 Å². The van der Waals surface area contributed by atoms with Crippen molar-refractivity contribution in [2.75, 3.05) is 20.7 Å². The number of aliphatic imine (C=N–C) groups is 1. The molecule has 0 amide bonds. The van der Waals surface area contributed by atoms with Crippen molar-refractivity contribution < 1.29 is 9.47 Å². The Morgan fingerprint density at radius 3 is 2.52 bits per heavy atom. The van der Waals surface area contributed by atoms with Crippen LogP contribution in [0.1, 0.15) is 24.0 Å². The molecule has 2 heterocycles. The van der Waals surface area contributed by atoms with Crippen LogP contribution in [-0.4, -0.2) is 31.6 Å². The largest absolute Gasteiger partial charge is 0.497 e. The van der Waals surface area contributed by atoms with Crippen LogP contribution in [-0.2, 0) is 6.54 Å². The van der Waals surface area contributed by atoms with E-state index in [2.05, 4.69) is 44.4 Å². The van der Waals surface area contributed by atoms with Crippen LogP contribution in [0.4, 0.5) is 0 Å². The van der Waals surface area contributed by atoms with E-state index < -0.39 is 0 Å². The van der Waals surface area contributed by atoms with E-state index in [9.17, 15) is 0 Å². The molecule has 1 atom stereocenters. The third-order valence-electron chi connectivity index (χ3n) is 4.45. The van der Waals surface area contributed by atoms with Crippen molar-refractivity contribution in [1.82, 2.24) is 15.6 Å². The summed E-state index contributed by atoms with van der Waals surface area (Å²) >= 11 is 1.72. The van der Waals surface area contributed by atoms with Gasteiger partial charge >= 0.3 is 0 Å². The van der Waals surface area contributed by atoms with E-state index in [0.717, 1.165) is 23.8 Å². The number of guanidine groups is 1. The fourth-order valence-electron chi connectivity index (χ4n) is 2.67. The fraction of sp³-hybridized carbons (Fsp3) is 0.273. The highest BCUT2D eigenvalue weighted by Gasteiger charge is 2.07. The lowest BCUT2D eigenvalue weighted by atomic mass is 10.1. The van der Waals surface area contributed by atoms with Gasteiger partial charge in [-0.25, -0.2) is 4.98 Å². The van der Waals surface area contributed by atoms with Gasteiger partial charge in [0.15, 0.2) is 5.96 Å². The first-order valence-electron chi connectivity index (χ1n) is 9.41. The van der Waals surface area contributed by atoms with Gasteiger partial charge in [0.2, 0.25) is 5.88 Å². The maximum Gasteiger partial charge on any atom is 0.219 e. The van der Waals surface area contributed by atoms with Crippen molar-refractivity contribution in [2.45, 2.75) is 19.4 Å². The Morgan fingerprint density at radius 1 is 1.10 bits per heavy atom. The predicted octanol–water partition coefficient (Wildman–Crippen LogP) is 4.41. The second kappa shape index (κ2) is 10.5. The molecule has 0 spiro atoms. The summed E-state index contributed by atoms with van der Waals surface area (Å²) in [6.45, 7) is 3.65. The van der Waals surface area contributed by atoms with E-state index in [0.29, 0.717) is 24.1 Å². The van der Waals surface area contributed by atoms with Crippen molar-refractivity contribution in [1.29, 1.82) is 0 Å². The number of nitrogens with zero attached hydrogens (tertiary/aromatic N) is 2. The van der Waals surface area contributed by atoms with Crippen molar-refractivity contribution >= 4 is 17.3 Å². The van der Waals surface area contributed by atoms with E-state index >= 15 is 0 Å². The predicted molar refractivity (Wildman–Crippen MR) is 118 cm³/mol. The fourth-order valence-corrected chi connectivity index (χ4v) is 3.45. The smallest absolute Gasteiger partial charge is 0.219 e. The summed E-state index contributed by atoms with van der Waals surface area (Å²) < 4.78 is 10.9. The van der Waals surface area contributed by atoms with Gasteiger partial charge in [-0.05, 0) is 58.1 Å². The van der Waals surface area contributed by atoms with Crippen LogP contribution < -0.4 is 20.1 Å². The normalized spacial score (nSPS) is 12.3. The average Bonchev–Trinajstić information content (AvgIpc) is 3.30. The van der Waals surface area contributed by atoms with E-state index in [4.69, 9.17) is 9.47 Å². The second-order valence-electron chi connectivity index (χ2n) is 6.55. The van der Waals surface area contributed by atoms with Crippen LogP contribution in [0.5, 0.6) is 17.4 Å². The molecule has 0 saturated carbocycles. The van der Waals surface area contributed by atoms with Gasteiger partial charge in [-0.15, -0.1) is 0 Å². The first kappa shape index (κ1) is 20.7. The number of nitrogens with one attached hydrogen (secondary N) is 2. The first-order valence-corrected chi connectivity index (χ1v) is 10.4. The number of ether oxygens (including phenoxy) is 2. The molecule has 6 nitrogen and oxygen atoms in total. The monoisotopic (exact) mass is 410 g/mol. The number of rotatable bonds is 8. The summed E-state index contributed by atoms with van der Waals surface area (Å²) in [7, 11) is 3.41. The molecule has 3 aromatic rings. The van der Waals surface area contributed by atoms with E-state index in [-0.39, 0.29) is 0 Å². The molecule has 0 saturated heterocycles. The lowest BCUT2D eigenvalue weighted by molar-refractivity contribution is 0.412. The van der Waals surface area contributed by atoms with Crippen molar-refractivity contribution in [3.8, 4) is 17.4 Å². The van der Waals surface area contributed by atoms with Gasteiger partial charge in [0.1, 0.15) is 11.5 Å². The van der Waals surface area contributed by atoms with Crippen LogP contribution in [0.3, 0.4) is 0 Å². The molecule has 1 aromatic carbocycles. The molecule has 0 fully saturated rings. The molecule has 0 aliphatic rings. The quantitative estimate of drug-likeness (QED) is 0.425. The highest BCUT2D eigenvalue weighted by molar-refractivity contribution is 7.07. The minimum absolute atomic E-state index is 0.427. The van der Waals surface area contributed by atoms with Crippen LogP contribution >= 0.6 is 11.3 Å². The highest BCUT2D eigenvalue weighted by atomic mass is 32.1. The van der Waals surface area contributed by atoms with Gasteiger partial charge in [0, 0.05) is 32.4 Å². The molecule has 29 heavy (non-hydrogen) atoms. The lowest BCUT2D eigenvalue weighted by Gasteiger charge is -2.15. The standard InChI is InChI=1S/C22H26N4O2S/c1-16(18-10-11-29-15-18)12-25-22(23-2)26-14-17-4-9-21(24-13-17)28-20-7-5-19(27-3)6-8-20/h4-11,13,15-16H,12,14H2,1-3H3,(H2,23,25,26). The number of benzene rings is 1. The molecule has 0 bridgehead atoms. The number of pyridine rings is 1. The number of methoxy groups -OCH3 is 1. The maximum absolute atomic E-state index is 5.76. The zero-order valence-corrected chi connectivity index (χ0v) is 17.7. The van der Waals surface area contributed by atoms with Crippen molar-refractivity contribution in [3.63, 3.8) is 0 Å². The molecular weight excluding hydrogens is 384 g/mol. The molecule has 1 unspecified atom stereocenters. The maximum atomic E-state index is 5.76. The van der Waals surface area contributed by atoms with Crippen LogP contribution in [0.2, 0.25) is 0 Å².